The first kappa shape index (κ1) is 28.5. The van der Waals surface area contributed by atoms with Crippen LogP contribution in [0.3, 0.4) is 0 Å². The average Bonchev–Trinajstić information content (AvgIpc) is 2.56. The summed E-state index contributed by atoms with van der Waals surface area (Å²) in [7, 11) is 0. The van der Waals surface area contributed by atoms with Gasteiger partial charge < -0.3 is 35.7 Å². The van der Waals surface area contributed by atoms with Crippen molar-refractivity contribution in [2.24, 2.45) is 23.2 Å². The molecule has 0 bridgehead atoms. The molecule has 2 unspecified atom stereocenters. The lowest BCUT2D eigenvalue weighted by atomic mass is 9.79. The molecule has 9 heteroatoms. The molecule has 2 atom stereocenters. The number of aliphatic hydroxyl groups excluding tert-OH is 5. The second-order valence-electron chi connectivity index (χ2n) is 6.43. The predicted octanol–water partition coefficient (Wildman–Crippen LogP) is -0.607. The van der Waals surface area contributed by atoms with Crippen LogP contribution in [0.4, 0.5) is 0 Å². The van der Waals surface area contributed by atoms with Crippen molar-refractivity contribution >= 4 is 11.9 Å². The molecule has 0 aromatic rings. The van der Waals surface area contributed by atoms with Crippen molar-refractivity contribution in [2.45, 2.75) is 40.7 Å². The molecule has 0 saturated carbocycles. The van der Waals surface area contributed by atoms with Gasteiger partial charge in [0.1, 0.15) is 0 Å². The number of carbonyl (C=O) groups is 2. The van der Waals surface area contributed by atoms with Gasteiger partial charge in [-0.25, -0.2) is 0 Å². The van der Waals surface area contributed by atoms with Gasteiger partial charge >= 0.3 is 11.9 Å². The van der Waals surface area contributed by atoms with Crippen LogP contribution in [0, 0.1) is 23.2 Å². The van der Waals surface area contributed by atoms with E-state index in [1.165, 1.54) is 0 Å². The van der Waals surface area contributed by atoms with Crippen molar-refractivity contribution in [1.29, 1.82) is 0 Å². The molecule has 0 aromatic heterocycles. The Labute approximate surface area is 148 Å². The first-order chi connectivity index (χ1) is 11.4. The number of rotatable bonds is 8. The minimum Gasteiger partial charge on any atom is -0.481 e. The minimum atomic E-state index is -1.33. The van der Waals surface area contributed by atoms with E-state index in [1.54, 1.807) is 34.6 Å². The van der Waals surface area contributed by atoms with Crippen LogP contribution in [0.15, 0.2) is 0 Å². The van der Waals surface area contributed by atoms with E-state index in [9.17, 15) is 14.7 Å². The summed E-state index contributed by atoms with van der Waals surface area (Å²) in [5.41, 5.74) is -1.33. The highest BCUT2D eigenvalue weighted by molar-refractivity contribution is 5.69. The van der Waals surface area contributed by atoms with Crippen LogP contribution in [0.25, 0.3) is 0 Å². The lowest BCUT2D eigenvalue weighted by molar-refractivity contribution is -0.141. The molecule has 0 saturated heterocycles. The Balaban J connectivity index is -0.000000336. The molecule has 25 heavy (non-hydrogen) atoms. The number of aliphatic carboxylic acids is 2. The normalized spacial score (nSPS) is 13.3. The molecule has 0 aromatic carbocycles. The van der Waals surface area contributed by atoms with E-state index >= 15 is 0 Å². The number of carboxylic acids is 2. The maximum absolute atomic E-state index is 9.70. The summed E-state index contributed by atoms with van der Waals surface area (Å²) >= 11 is 0. The lowest BCUT2D eigenvalue weighted by Gasteiger charge is -2.35. The third kappa shape index (κ3) is 12.7. The van der Waals surface area contributed by atoms with Crippen LogP contribution in [-0.4, -0.2) is 80.2 Å². The van der Waals surface area contributed by atoms with Gasteiger partial charge in [0.05, 0.1) is 43.2 Å². The fourth-order valence-electron chi connectivity index (χ4n) is 1.13. The Hall–Kier alpha value is -1.26. The van der Waals surface area contributed by atoms with E-state index in [-0.39, 0.29) is 18.4 Å². The summed E-state index contributed by atoms with van der Waals surface area (Å²) in [5, 5.41) is 61.1. The molecule has 0 amide bonds. The molecule has 0 fully saturated rings. The zero-order valence-corrected chi connectivity index (χ0v) is 15.6. The maximum atomic E-state index is 9.70. The molecule has 0 rings (SSSR count). The van der Waals surface area contributed by atoms with Crippen molar-refractivity contribution in [3.05, 3.63) is 0 Å². The van der Waals surface area contributed by atoms with Gasteiger partial charge in [-0.1, -0.05) is 34.6 Å². The number of carboxylic acid groups (broad SMARTS) is 2. The first-order valence-corrected chi connectivity index (χ1v) is 7.93. The number of hydrogen-bond donors (Lipinski definition) is 7. The van der Waals surface area contributed by atoms with Gasteiger partial charge in [0.15, 0.2) is 0 Å². The predicted molar refractivity (Wildman–Crippen MR) is 90.9 cm³/mol. The van der Waals surface area contributed by atoms with Crippen molar-refractivity contribution < 1.29 is 45.3 Å². The molecule has 0 aliphatic heterocycles. The SMILES string of the molecule is CC(C)C(=O)O.CC(C)C(=O)O.CC(CO)C(O)C(CO)(CO)CO. The van der Waals surface area contributed by atoms with Gasteiger partial charge in [-0.3, -0.25) is 9.59 Å². The van der Waals surface area contributed by atoms with E-state index in [1.807, 2.05) is 0 Å². The molecule has 0 heterocycles. The highest BCUT2D eigenvalue weighted by Crippen LogP contribution is 2.25. The van der Waals surface area contributed by atoms with Crippen LogP contribution in [0.1, 0.15) is 34.6 Å². The maximum Gasteiger partial charge on any atom is 0.305 e. The second-order valence-corrected chi connectivity index (χ2v) is 6.43. The Morgan fingerprint density at radius 1 is 0.760 bits per heavy atom. The zero-order chi connectivity index (χ0) is 20.8. The molecule has 152 valence electrons. The Morgan fingerprint density at radius 2 is 1.00 bits per heavy atom. The van der Waals surface area contributed by atoms with Crippen molar-refractivity contribution in [2.75, 3.05) is 26.4 Å². The van der Waals surface area contributed by atoms with Gasteiger partial charge in [0.2, 0.25) is 0 Å². The molecule has 0 radical (unpaired) electrons. The van der Waals surface area contributed by atoms with E-state index in [2.05, 4.69) is 0 Å². The summed E-state index contributed by atoms with van der Waals surface area (Å²) < 4.78 is 0. The largest absolute Gasteiger partial charge is 0.481 e. The highest BCUT2D eigenvalue weighted by atomic mass is 16.4. The average molecular weight is 370 g/mol. The molecular formula is C16H34O9. The standard InChI is InChI=1S/C8H18O5.2C4H8O2/c1-6(2-9)7(13)8(3-10,4-11)5-12;2*1-3(2)4(5)6/h6-7,9-13H,2-5H2,1H3;2*3H,1-2H3,(H,5,6). The number of hydrogen-bond acceptors (Lipinski definition) is 7. The van der Waals surface area contributed by atoms with Gasteiger partial charge in [-0.15, -0.1) is 0 Å². The Bertz CT molecular complexity index is 325. The molecule has 0 aliphatic carbocycles. The van der Waals surface area contributed by atoms with E-state index < -0.39 is 49.2 Å². The molecular weight excluding hydrogens is 336 g/mol. The molecule has 0 spiro atoms. The summed E-state index contributed by atoms with van der Waals surface area (Å²) in [4.78, 5) is 19.4. The van der Waals surface area contributed by atoms with Gasteiger partial charge in [0.25, 0.3) is 0 Å². The fourth-order valence-corrected chi connectivity index (χ4v) is 1.13. The third-order valence-electron chi connectivity index (χ3n) is 3.39. The fraction of sp³-hybridized carbons (Fsp3) is 0.875. The lowest BCUT2D eigenvalue weighted by Crippen LogP contribution is -2.48. The minimum absolute atomic E-state index is 0.231. The van der Waals surface area contributed by atoms with Gasteiger partial charge in [0, 0.05) is 12.5 Å². The quantitative estimate of drug-likeness (QED) is 0.294. The van der Waals surface area contributed by atoms with Crippen LogP contribution < -0.4 is 0 Å². The second kappa shape index (κ2) is 15.0. The third-order valence-corrected chi connectivity index (χ3v) is 3.39. The smallest absolute Gasteiger partial charge is 0.305 e. The van der Waals surface area contributed by atoms with Crippen LogP contribution in [0.5, 0.6) is 0 Å². The summed E-state index contributed by atoms with van der Waals surface area (Å²) in [6.07, 6.45) is -1.13. The Morgan fingerprint density at radius 3 is 1.12 bits per heavy atom. The van der Waals surface area contributed by atoms with Crippen LogP contribution >= 0.6 is 0 Å². The topological polar surface area (TPSA) is 176 Å². The van der Waals surface area contributed by atoms with E-state index in [0.29, 0.717) is 0 Å². The van der Waals surface area contributed by atoms with Crippen molar-refractivity contribution in [3.8, 4) is 0 Å². The Kier molecular flexibility index (Phi) is 17.2. The summed E-state index contributed by atoms with van der Waals surface area (Å²) in [6, 6.07) is 0. The first-order valence-electron chi connectivity index (χ1n) is 7.93. The number of aliphatic hydroxyl groups is 5. The summed E-state index contributed by atoms with van der Waals surface area (Å²) in [5.74, 6) is -2.44. The van der Waals surface area contributed by atoms with Crippen LogP contribution in [0.2, 0.25) is 0 Å². The monoisotopic (exact) mass is 370 g/mol. The van der Waals surface area contributed by atoms with Crippen LogP contribution in [-0.2, 0) is 9.59 Å². The van der Waals surface area contributed by atoms with Crippen molar-refractivity contribution in [3.63, 3.8) is 0 Å². The zero-order valence-electron chi connectivity index (χ0n) is 15.6. The van der Waals surface area contributed by atoms with E-state index in [4.69, 9.17) is 30.6 Å². The van der Waals surface area contributed by atoms with E-state index in [0.717, 1.165) is 0 Å². The molecule has 9 nitrogen and oxygen atoms in total. The van der Waals surface area contributed by atoms with Crippen molar-refractivity contribution in [1.82, 2.24) is 0 Å². The highest BCUT2D eigenvalue weighted by Gasteiger charge is 2.39. The molecule has 7 N–H and O–H groups in total. The van der Waals surface area contributed by atoms with Gasteiger partial charge in [-0.05, 0) is 0 Å². The summed E-state index contributed by atoms with van der Waals surface area (Å²) in [6.45, 7) is 6.31. The van der Waals surface area contributed by atoms with Gasteiger partial charge in [-0.2, -0.15) is 0 Å². The molecule has 0 aliphatic rings.